The molecule has 0 radical (unpaired) electrons. The van der Waals surface area contributed by atoms with E-state index in [1.54, 1.807) is 11.8 Å². The lowest BCUT2D eigenvalue weighted by Crippen LogP contribution is -2.36. The van der Waals surface area contributed by atoms with Gasteiger partial charge < -0.3 is 10.6 Å². The van der Waals surface area contributed by atoms with Crippen LogP contribution in [-0.4, -0.2) is 31.3 Å². The zero-order chi connectivity index (χ0) is 11.4. The summed E-state index contributed by atoms with van der Waals surface area (Å²) in [5, 5.41) is 6.29. The van der Waals surface area contributed by atoms with E-state index in [1.807, 2.05) is 30.5 Å². The third-order valence-electron chi connectivity index (χ3n) is 2.75. The number of hydrogen-bond acceptors (Lipinski definition) is 3. The topological polar surface area (TPSA) is 41.1 Å². The first kappa shape index (κ1) is 11.5. The SMILES string of the molecule is CSc1ccccc1C(=O)N[C@H]1CCNC1. The minimum absolute atomic E-state index is 0.0404. The first-order chi connectivity index (χ1) is 7.81. The van der Waals surface area contributed by atoms with Gasteiger partial charge in [-0.25, -0.2) is 0 Å². The Morgan fingerprint density at radius 1 is 1.50 bits per heavy atom. The highest BCUT2D eigenvalue weighted by Crippen LogP contribution is 2.19. The monoisotopic (exact) mass is 236 g/mol. The molecule has 1 aliphatic heterocycles. The molecule has 16 heavy (non-hydrogen) atoms. The van der Waals surface area contributed by atoms with E-state index < -0.39 is 0 Å². The molecule has 3 nitrogen and oxygen atoms in total. The zero-order valence-corrected chi connectivity index (χ0v) is 10.1. The van der Waals surface area contributed by atoms with Gasteiger partial charge in [-0.1, -0.05) is 12.1 Å². The van der Waals surface area contributed by atoms with Gasteiger partial charge >= 0.3 is 0 Å². The van der Waals surface area contributed by atoms with E-state index in [1.165, 1.54) is 0 Å². The van der Waals surface area contributed by atoms with E-state index in [4.69, 9.17) is 0 Å². The van der Waals surface area contributed by atoms with Gasteiger partial charge in [0.25, 0.3) is 5.91 Å². The van der Waals surface area contributed by atoms with Gasteiger partial charge in [-0.3, -0.25) is 4.79 Å². The molecular formula is C12H16N2OS. The Kier molecular flexibility index (Phi) is 3.85. The summed E-state index contributed by atoms with van der Waals surface area (Å²) in [4.78, 5) is 13.1. The number of carbonyl (C=O) groups excluding carboxylic acids is 1. The molecule has 2 rings (SSSR count). The summed E-state index contributed by atoms with van der Waals surface area (Å²) in [7, 11) is 0. The van der Waals surface area contributed by atoms with Gasteiger partial charge in [0.15, 0.2) is 0 Å². The maximum atomic E-state index is 12.0. The zero-order valence-electron chi connectivity index (χ0n) is 9.32. The van der Waals surface area contributed by atoms with Crippen molar-refractivity contribution in [3.05, 3.63) is 29.8 Å². The Morgan fingerprint density at radius 2 is 2.31 bits per heavy atom. The lowest BCUT2D eigenvalue weighted by atomic mass is 10.2. The molecule has 0 aromatic heterocycles. The summed E-state index contributed by atoms with van der Waals surface area (Å²) < 4.78 is 0. The number of benzene rings is 1. The van der Waals surface area contributed by atoms with Crippen molar-refractivity contribution in [1.29, 1.82) is 0 Å². The van der Waals surface area contributed by atoms with Crippen LogP contribution in [0.1, 0.15) is 16.8 Å². The van der Waals surface area contributed by atoms with Crippen molar-refractivity contribution in [1.82, 2.24) is 10.6 Å². The van der Waals surface area contributed by atoms with Gasteiger partial charge in [0.2, 0.25) is 0 Å². The quantitative estimate of drug-likeness (QED) is 0.781. The molecule has 1 amide bonds. The minimum Gasteiger partial charge on any atom is -0.348 e. The van der Waals surface area contributed by atoms with Gasteiger partial charge in [-0.05, 0) is 31.4 Å². The molecule has 0 saturated carbocycles. The molecule has 1 aromatic rings. The molecule has 86 valence electrons. The fraction of sp³-hybridized carbons (Fsp3) is 0.417. The lowest BCUT2D eigenvalue weighted by molar-refractivity contribution is 0.0937. The normalized spacial score (nSPS) is 19.7. The number of rotatable bonds is 3. The van der Waals surface area contributed by atoms with Gasteiger partial charge in [0, 0.05) is 17.5 Å². The van der Waals surface area contributed by atoms with E-state index in [9.17, 15) is 4.79 Å². The van der Waals surface area contributed by atoms with Crippen molar-refractivity contribution in [2.45, 2.75) is 17.4 Å². The molecule has 1 fully saturated rings. The molecule has 0 unspecified atom stereocenters. The highest BCUT2D eigenvalue weighted by Gasteiger charge is 2.18. The summed E-state index contributed by atoms with van der Waals surface area (Å²) in [6.45, 7) is 1.88. The second kappa shape index (κ2) is 5.37. The average molecular weight is 236 g/mol. The minimum atomic E-state index is 0.0404. The Labute approximate surface area is 100.0 Å². The predicted octanol–water partition coefficient (Wildman–Crippen LogP) is 1.50. The number of nitrogens with one attached hydrogen (secondary N) is 2. The molecule has 1 saturated heterocycles. The van der Waals surface area contributed by atoms with Gasteiger partial charge in [0.05, 0.1) is 5.56 Å². The summed E-state index contributed by atoms with van der Waals surface area (Å²) in [6, 6.07) is 8.00. The maximum absolute atomic E-state index is 12.0. The Balaban J connectivity index is 2.07. The predicted molar refractivity (Wildman–Crippen MR) is 67.0 cm³/mol. The first-order valence-corrected chi connectivity index (χ1v) is 6.68. The van der Waals surface area contributed by atoms with Crippen molar-refractivity contribution >= 4 is 17.7 Å². The van der Waals surface area contributed by atoms with Crippen molar-refractivity contribution in [2.75, 3.05) is 19.3 Å². The first-order valence-electron chi connectivity index (χ1n) is 5.46. The van der Waals surface area contributed by atoms with Crippen LogP contribution in [0.5, 0.6) is 0 Å². The summed E-state index contributed by atoms with van der Waals surface area (Å²) in [5.74, 6) is 0.0404. The largest absolute Gasteiger partial charge is 0.348 e. The van der Waals surface area contributed by atoms with E-state index in [2.05, 4.69) is 10.6 Å². The molecule has 1 heterocycles. The molecule has 0 spiro atoms. The van der Waals surface area contributed by atoms with Crippen LogP contribution in [-0.2, 0) is 0 Å². The van der Waals surface area contributed by atoms with Crippen molar-refractivity contribution in [2.24, 2.45) is 0 Å². The van der Waals surface area contributed by atoms with Crippen LogP contribution in [0.25, 0.3) is 0 Å². The molecule has 2 N–H and O–H groups in total. The molecule has 1 aliphatic rings. The molecule has 0 bridgehead atoms. The standard InChI is InChI=1S/C12H16N2OS/c1-16-11-5-3-2-4-10(11)12(15)14-9-6-7-13-8-9/h2-5,9,13H,6-8H2,1H3,(H,14,15)/t9-/m0/s1. The van der Waals surface area contributed by atoms with Crippen LogP contribution < -0.4 is 10.6 Å². The van der Waals surface area contributed by atoms with E-state index in [0.29, 0.717) is 0 Å². The molecule has 4 heteroatoms. The smallest absolute Gasteiger partial charge is 0.252 e. The average Bonchev–Trinajstić information content (AvgIpc) is 2.81. The number of carbonyl (C=O) groups is 1. The highest BCUT2D eigenvalue weighted by atomic mass is 32.2. The van der Waals surface area contributed by atoms with Crippen molar-refractivity contribution < 1.29 is 4.79 Å². The third kappa shape index (κ3) is 2.57. The van der Waals surface area contributed by atoms with Crippen LogP contribution in [0, 0.1) is 0 Å². The molecule has 0 aliphatic carbocycles. The molecular weight excluding hydrogens is 220 g/mol. The fourth-order valence-electron chi connectivity index (χ4n) is 1.87. The summed E-state index contributed by atoms with van der Waals surface area (Å²) in [5.41, 5.74) is 0.780. The van der Waals surface area contributed by atoms with E-state index in [0.717, 1.165) is 30.0 Å². The van der Waals surface area contributed by atoms with Crippen LogP contribution in [0.2, 0.25) is 0 Å². The number of amides is 1. The highest BCUT2D eigenvalue weighted by molar-refractivity contribution is 7.98. The van der Waals surface area contributed by atoms with Crippen molar-refractivity contribution in [3.8, 4) is 0 Å². The summed E-state index contributed by atoms with van der Waals surface area (Å²) in [6.07, 6.45) is 3.01. The second-order valence-corrected chi connectivity index (χ2v) is 4.71. The third-order valence-corrected chi connectivity index (χ3v) is 3.54. The second-order valence-electron chi connectivity index (χ2n) is 3.86. The number of thioether (sulfide) groups is 1. The van der Waals surface area contributed by atoms with Crippen molar-refractivity contribution in [3.63, 3.8) is 0 Å². The van der Waals surface area contributed by atoms with E-state index in [-0.39, 0.29) is 11.9 Å². The Morgan fingerprint density at radius 3 is 3.00 bits per heavy atom. The lowest BCUT2D eigenvalue weighted by Gasteiger charge is -2.12. The Bertz CT molecular complexity index is 375. The Hall–Kier alpha value is -1.00. The van der Waals surface area contributed by atoms with Crippen LogP contribution >= 0.6 is 11.8 Å². The number of hydrogen-bond donors (Lipinski definition) is 2. The van der Waals surface area contributed by atoms with Gasteiger partial charge in [-0.15, -0.1) is 11.8 Å². The molecule has 1 atom stereocenters. The van der Waals surface area contributed by atoms with Gasteiger partial charge in [0.1, 0.15) is 0 Å². The maximum Gasteiger partial charge on any atom is 0.252 e. The van der Waals surface area contributed by atoms with Crippen LogP contribution in [0.15, 0.2) is 29.2 Å². The summed E-state index contributed by atoms with van der Waals surface area (Å²) >= 11 is 1.61. The molecule has 1 aromatic carbocycles. The fourth-order valence-corrected chi connectivity index (χ4v) is 2.47. The van der Waals surface area contributed by atoms with Crippen LogP contribution in [0.3, 0.4) is 0 Å². The van der Waals surface area contributed by atoms with E-state index >= 15 is 0 Å². The van der Waals surface area contributed by atoms with Gasteiger partial charge in [-0.2, -0.15) is 0 Å². The van der Waals surface area contributed by atoms with Crippen LogP contribution in [0.4, 0.5) is 0 Å².